The first-order chi connectivity index (χ1) is 11.7. The first-order valence-electron chi connectivity index (χ1n) is 7.69. The molecular weight excluding hydrogens is 304 g/mol. The van der Waals surface area contributed by atoms with Gasteiger partial charge in [-0.25, -0.2) is 4.98 Å². The molecule has 3 aromatic rings. The van der Waals surface area contributed by atoms with E-state index in [4.69, 9.17) is 15.8 Å². The highest BCUT2D eigenvalue weighted by atomic mass is 16.3. The summed E-state index contributed by atoms with van der Waals surface area (Å²) in [5.74, 6) is 0.271. The Bertz CT molecular complexity index is 885. The van der Waals surface area contributed by atoms with E-state index in [9.17, 15) is 4.79 Å². The average Bonchev–Trinajstić information content (AvgIpc) is 2.96. The number of rotatable bonds is 6. The van der Waals surface area contributed by atoms with Crippen molar-refractivity contribution in [3.05, 3.63) is 54.2 Å². The fraction of sp³-hybridized carbons (Fsp3) is 0.167. The number of fused-ring (bicyclic) bond motifs is 1. The molecule has 0 unspecified atom stereocenters. The van der Waals surface area contributed by atoms with Gasteiger partial charge in [0.1, 0.15) is 5.69 Å². The van der Waals surface area contributed by atoms with E-state index in [-0.39, 0.29) is 6.61 Å². The molecule has 0 aliphatic rings. The number of carbonyl (C=O) groups is 1. The molecule has 2 heterocycles. The van der Waals surface area contributed by atoms with Gasteiger partial charge in [0.25, 0.3) is 0 Å². The summed E-state index contributed by atoms with van der Waals surface area (Å²) < 4.78 is 2.05. The lowest BCUT2D eigenvalue weighted by atomic mass is 10.2. The smallest absolute Gasteiger partial charge is 0.241 e. The van der Waals surface area contributed by atoms with Gasteiger partial charge in [0.2, 0.25) is 5.91 Å². The van der Waals surface area contributed by atoms with Crippen molar-refractivity contribution in [2.75, 3.05) is 6.61 Å². The van der Waals surface area contributed by atoms with Crippen LogP contribution in [0.25, 0.3) is 28.6 Å². The van der Waals surface area contributed by atoms with E-state index in [1.54, 1.807) is 12.3 Å². The molecule has 0 saturated carbocycles. The van der Waals surface area contributed by atoms with Crippen LogP contribution in [0.5, 0.6) is 0 Å². The van der Waals surface area contributed by atoms with Gasteiger partial charge in [-0.3, -0.25) is 9.78 Å². The zero-order chi connectivity index (χ0) is 16.9. The van der Waals surface area contributed by atoms with E-state index in [0.29, 0.717) is 13.0 Å². The number of nitrogens with zero attached hydrogens (tertiary/aromatic N) is 3. The van der Waals surface area contributed by atoms with E-state index in [1.807, 2.05) is 36.4 Å². The molecule has 2 aromatic heterocycles. The predicted molar refractivity (Wildman–Crippen MR) is 92.9 cm³/mol. The van der Waals surface area contributed by atoms with Crippen molar-refractivity contribution in [3.8, 4) is 11.5 Å². The molecule has 1 amide bonds. The lowest BCUT2D eigenvalue weighted by Crippen LogP contribution is -2.05. The van der Waals surface area contributed by atoms with Crippen molar-refractivity contribution in [3.63, 3.8) is 0 Å². The first kappa shape index (κ1) is 15.9. The van der Waals surface area contributed by atoms with Crippen LogP contribution < -0.4 is 5.73 Å². The van der Waals surface area contributed by atoms with Gasteiger partial charge in [0.05, 0.1) is 11.0 Å². The highest BCUT2D eigenvalue weighted by Crippen LogP contribution is 2.25. The van der Waals surface area contributed by atoms with Gasteiger partial charge in [-0.1, -0.05) is 12.1 Å². The largest absolute Gasteiger partial charge is 0.396 e. The van der Waals surface area contributed by atoms with Crippen molar-refractivity contribution < 1.29 is 9.90 Å². The number of hydrogen-bond acceptors (Lipinski definition) is 4. The number of pyridine rings is 1. The normalized spacial score (nSPS) is 11.4. The minimum atomic E-state index is -0.488. The Morgan fingerprint density at radius 3 is 2.88 bits per heavy atom. The summed E-state index contributed by atoms with van der Waals surface area (Å²) in [6.07, 6.45) is 5.35. The molecule has 6 heteroatoms. The molecule has 0 fully saturated rings. The number of aryl methyl sites for hydroxylation is 1. The Hall–Kier alpha value is -2.99. The number of amides is 1. The molecular formula is C18H18N4O2. The van der Waals surface area contributed by atoms with Crippen molar-refractivity contribution in [2.24, 2.45) is 5.73 Å². The first-order valence-corrected chi connectivity index (χ1v) is 7.69. The van der Waals surface area contributed by atoms with E-state index in [0.717, 1.165) is 28.1 Å². The monoisotopic (exact) mass is 322 g/mol. The molecule has 0 saturated heterocycles. The van der Waals surface area contributed by atoms with Gasteiger partial charge in [-0.05, 0) is 42.3 Å². The number of imidazole rings is 1. The second kappa shape index (κ2) is 7.06. The predicted octanol–water partition coefficient (Wildman–Crippen LogP) is 1.98. The lowest BCUT2D eigenvalue weighted by molar-refractivity contribution is -0.113. The van der Waals surface area contributed by atoms with Crippen LogP contribution in [-0.4, -0.2) is 32.2 Å². The average molecular weight is 322 g/mol. The highest BCUT2D eigenvalue weighted by Gasteiger charge is 2.13. The number of primary amides is 1. The fourth-order valence-corrected chi connectivity index (χ4v) is 2.57. The minimum Gasteiger partial charge on any atom is -0.396 e. The Labute approximate surface area is 139 Å². The fourth-order valence-electron chi connectivity index (χ4n) is 2.57. The molecule has 1 aromatic carbocycles. The van der Waals surface area contributed by atoms with Crippen LogP contribution in [0.4, 0.5) is 0 Å². The van der Waals surface area contributed by atoms with Crippen LogP contribution in [0.15, 0.2) is 48.7 Å². The third kappa shape index (κ3) is 3.33. The Balaban J connectivity index is 2.10. The van der Waals surface area contributed by atoms with Crippen LogP contribution in [0, 0.1) is 0 Å². The van der Waals surface area contributed by atoms with E-state index in [2.05, 4.69) is 9.55 Å². The molecule has 24 heavy (non-hydrogen) atoms. The van der Waals surface area contributed by atoms with Gasteiger partial charge >= 0.3 is 0 Å². The number of benzene rings is 1. The second-order valence-electron chi connectivity index (χ2n) is 5.36. The third-order valence-electron chi connectivity index (χ3n) is 3.65. The maximum atomic E-state index is 10.9. The van der Waals surface area contributed by atoms with Crippen molar-refractivity contribution in [2.45, 2.75) is 13.0 Å². The van der Waals surface area contributed by atoms with Crippen molar-refractivity contribution in [1.82, 2.24) is 14.5 Å². The maximum Gasteiger partial charge on any atom is 0.241 e. The number of nitrogens with two attached hydrogens (primary N) is 1. The van der Waals surface area contributed by atoms with Crippen molar-refractivity contribution >= 4 is 23.0 Å². The van der Waals surface area contributed by atoms with Crippen LogP contribution in [-0.2, 0) is 11.3 Å². The summed E-state index contributed by atoms with van der Waals surface area (Å²) >= 11 is 0. The molecule has 0 aliphatic heterocycles. The highest BCUT2D eigenvalue weighted by molar-refractivity contribution is 5.91. The zero-order valence-electron chi connectivity index (χ0n) is 13.1. The van der Waals surface area contributed by atoms with E-state index >= 15 is 0 Å². The Morgan fingerprint density at radius 1 is 1.29 bits per heavy atom. The van der Waals surface area contributed by atoms with Gasteiger partial charge in [-0.2, -0.15) is 0 Å². The number of carbonyl (C=O) groups excluding carboxylic acids is 1. The van der Waals surface area contributed by atoms with Crippen LogP contribution in [0.1, 0.15) is 12.0 Å². The molecule has 0 bridgehead atoms. The van der Waals surface area contributed by atoms with Crippen molar-refractivity contribution in [1.29, 1.82) is 0 Å². The van der Waals surface area contributed by atoms with Gasteiger partial charge in [-0.15, -0.1) is 0 Å². The third-order valence-corrected chi connectivity index (χ3v) is 3.65. The lowest BCUT2D eigenvalue weighted by Gasteiger charge is -2.07. The SMILES string of the molecule is NC(=O)C=Cc1ccc2c(c1)nc(-c1ccccn1)n2CCCO. The molecule has 0 spiro atoms. The Morgan fingerprint density at radius 2 is 2.17 bits per heavy atom. The number of aromatic nitrogens is 3. The standard InChI is InChI=1S/C18H18N4O2/c19-17(24)8-6-13-5-7-16-15(12-13)21-18(22(16)10-3-11-23)14-4-1-2-9-20-14/h1-2,4-9,12,23H,3,10-11H2,(H2,19,24). The van der Waals surface area contributed by atoms with Gasteiger partial charge < -0.3 is 15.4 Å². The minimum absolute atomic E-state index is 0.112. The van der Waals surface area contributed by atoms with E-state index < -0.39 is 5.91 Å². The van der Waals surface area contributed by atoms with Crippen LogP contribution in [0.2, 0.25) is 0 Å². The summed E-state index contributed by atoms with van der Waals surface area (Å²) in [4.78, 5) is 19.9. The number of aliphatic hydroxyl groups excluding tert-OH is 1. The van der Waals surface area contributed by atoms with Gasteiger partial charge in [0, 0.05) is 25.4 Å². The van der Waals surface area contributed by atoms with E-state index in [1.165, 1.54) is 6.08 Å². The Kier molecular flexibility index (Phi) is 4.67. The summed E-state index contributed by atoms with van der Waals surface area (Å²) in [6.45, 7) is 0.760. The topological polar surface area (TPSA) is 94.0 Å². The molecule has 3 N–H and O–H groups in total. The second-order valence-corrected chi connectivity index (χ2v) is 5.36. The number of aliphatic hydroxyl groups is 1. The van der Waals surface area contributed by atoms with Gasteiger partial charge in [0.15, 0.2) is 5.82 Å². The van der Waals surface area contributed by atoms with Crippen LogP contribution >= 0.6 is 0 Å². The maximum absolute atomic E-state index is 10.9. The molecule has 0 aliphatic carbocycles. The molecule has 122 valence electrons. The molecule has 0 radical (unpaired) electrons. The quantitative estimate of drug-likeness (QED) is 0.679. The number of hydrogen-bond donors (Lipinski definition) is 2. The molecule has 0 atom stereocenters. The summed E-state index contributed by atoms with van der Waals surface area (Å²) in [5.41, 5.74) is 8.53. The zero-order valence-corrected chi connectivity index (χ0v) is 13.1. The summed E-state index contributed by atoms with van der Waals surface area (Å²) in [7, 11) is 0. The molecule has 6 nitrogen and oxygen atoms in total. The van der Waals surface area contributed by atoms with Crippen LogP contribution in [0.3, 0.4) is 0 Å². The summed E-state index contributed by atoms with van der Waals surface area (Å²) in [6, 6.07) is 11.4. The molecule has 3 rings (SSSR count). The summed E-state index contributed by atoms with van der Waals surface area (Å²) in [5, 5.41) is 9.16.